The molecular formula is C21H28ClN7O3S. The van der Waals surface area contributed by atoms with Crippen molar-refractivity contribution in [1.82, 2.24) is 29.8 Å². The van der Waals surface area contributed by atoms with E-state index in [0.29, 0.717) is 49.2 Å². The van der Waals surface area contributed by atoms with Gasteiger partial charge >= 0.3 is 6.09 Å². The fourth-order valence-electron chi connectivity index (χ4n) is 3.60. The predicted molar refractivity (Wildman–Crippen MR) is 129 cm³/mol. The van der Waals surface area contributed by atoms with Crippen LogP contribution in [0.3, 0.4) is 0 Å². The normalized spacial score (nSPS) is 15.3. The van der Waals surface area contributed by atoms with E-state index in [9.17, 15) is 9.59 Å². The number of halogens is 1. The van der Waals surface area contributed by atoms with Crippen molar-refractivity contribution in [2.45, 2.75) is 45.7 Å². The number of fused-ring (bicyclic) bond motifs is 1. The second-order valence-electron chi connectivity index (χ2n) is 8.37. The van der Waals surface area contributed by atoms with E-state index in [1.807, 2.05) is 11.6 Å². The number of aromatic nitrogens is 4. The van der Waals surface area contributed by atoms with Crippen LogP contribution in [0.4, 0.5) is 10.6 Å². The average Bonchev–Trinajstić information content (AvgIpc) is 3.37. The van der Waals surface area contributed by atoms with Crippen LogP contribution in [-0.4, -0.2) is 66.8 Å². The predicted octanol–water partition coefficient (Wildman–Crippen LogP) is 3.60. The number of nitrogens with one attached hydrogen (secondary N) is 2. The number of amides is 2. The number of nitrogens with zero attached hydrogens (tertiary/aromatic N) is 5. The quantitative estimate of drug-likeness (QED) is 0.479. The van der Waals surface area contributed by atoms with E-state index < -0.39 is 6.09 Å². The lowest BCUT2D eigenvalue weighted by atomic mass is 10.0. The highest BCUT2D eigenvalue weighted by Crippen LogP contribution is 2.27. The first kappa shape index (κ1) is 24.7. The summed E-state index contributed by atoms with van der Waals surface area (Å²) in [7, 11) is 0. The first-order chi connectivity index (χ1) is 15.3. The Hall–Kier alpha value is -2.92. The van der Waals surface area contributed by atoms with Gasteiger partial charge in [0.2, 0.25) is 0 Å². The third kappa shape index (κ3) is 5.53. The van der Waals surface area contributed by atoms with Gasteiger partial charge in [0.1, 0.15) is 16.3 Å². The van der Waals surface area contributed by atoms with Gasteiger partial charge in [-0.3, -0.25) is 4.79 Å². The maximum Gasteiger partial charge on any atom is 0.404 e. The lowest BCUT2D eigenvalue weighted by molar-refractivity contribution is 0.0700. The van der Waals surface area contributed by atoms with Crippen molar-refractivity contribution in [1.29, 1.82) is 0 Å². The van der Waals surface area contributed by atoms with Gasteiger partial charge in [-0.1, -0.05) is 13.8 Å². The molecule has 1 saturated heterocycles. The summed E-state index contributed by atoms with van der Waals surface area (Å²) in [6.07, 6.45) is 3.70. The lowest BCUT2D eigenvalue weighted by Gasteiger charge is -2.31. The Morgan fingerprint density at radius 3 is 2.61 bits per heavy atom. The molecule has 0 bridgehead atoms. The fourth-order valence-corrected chi connectivity index (χ4v) is 4.39. The van der Waals surface area contributed by atoms with E-state index >= 15 is 0 Å². The number of carbonyl (C=O) groups excluding carboxylic acids is 1. The molecule has 0 unspecified atom stereocenters. The third-order valence-corrected chi connectivity index (χ3v) is 6.69. The second-order valence-corrected chi connectivity index (χ2v) is 9.26. The smallest absolute Gasteiger partial charge is 0.404 e. The molecule has 178 valence electrons. The Morgan fingerprint density at radius 2 is 1.94 bits per heavy atom. The van der Waals surface area contributed by atoms with Gasteiger partial charge in [-0.2, -0.15) is 5.10 Å². The Balaban J connectivity index is 0.00000306. The maximum absolute atomic E-state index is 13.3. The molecule has 1 fully saturated rings. The van der Waals surface area contributed by atoms with Crippen molar-refractivity contribution in [2.75, 3.05) is 18.4 Å². The SMILES string of the molecule is CC(C)[C@@H](C)Nc1cc(C(=O)N2CCC(NC(=O)O)CC2)nc(-c2cnn3ccsc23)n1.Cl. The van der Waals surface area contributed by atoms with Gasteiger partial charge < -0.3 is 20.6 Å². The zero-order chi connectivity index (χ0) is 22.8. The van der Waals surface area contributed by atoms with Crippen molar-refractivity contribution in [3.8, 4) is 11.4 Å². The van der Waals surface area contributed by atoms with Crippen LogP contribution in [0.5, 0.6) is 0 Å². The molecule has 4 heterocycles. The number of hydrogen-bond donors (Lipinski definition) is 3. The number of carboxylic acid groups (broad SMARTS) is 1. The summed E-state index contributed by atoms with van der Waals surface area (Å²) in [4.78, 5) is 36.1. The van der Waals surface area contributed by atoms with Crippen molar-refractivity contribution < 1.29 is 14.7 Å². The van der Waals surface area contributed by atoms with Crippen molar-refractivity contribution in [3.63, 3.8) is 0 Å². The van der Waals surface area contributed by atoms with Crippen LogP contribution in [0.15, 0.2) is 23.8 Å². The van der Waals surface area contributed by atoms with Crippen LogP contribution in [0.25, 0.3) is 16.2 Å². The van der Waals surface area contributed by atoms with Crippen LogP contribution >= 0.6 is 23.7 Å². The monoisotopic (exact) mass is 493 g/mol. The molecule has 1 aliphatic heterocycles. The first-order valence-electron chi connectivity index (χ1n) is 10.7. The summed E-state index contributed by atoms with van der Waals surface area (Å²) >= 11 is 1.54. The molecule has 0 saturated carbocycles. The van der Waals surface area contributed by atoms with E-state index in [2.05, 4.69) is 46.5 Å². The summed E-state index contributed by atoms with van der Waals surface area (Å²) in [6.45, 7) is 7.25. The molecule has 3 aromatic rings. The molecular weight excluding hydrogens is 466 g/mol. The number of rotatable bonds is 6. The maximum atomic E-state index is 13.3. The molecule has 0 spiro atoms. The molecule has 3 aromatic heterocycles. The summed E-state index contributed by atoms with van der Waals surface area (Å²) in [5.41, 5.74) is 1.09. The summed E-state index contributed by atoms with van der Waals surface area (Å²) in [5, 5.41) is 21.1. The van der Waals surface area contributed by atoms with Crippen LogP contribution in [0.2, 0.25) is 0 Å². The molecule has 3 N–H and O–H groups in total. The molecule has 4 rings (SSSR count). The average molecular weight is 494 g/mol. The Morgan fingerprint density at radius 1 is 1.21 bits per heavy atom. The van der Waals surface area contributed by atoms with E-state index in [1.54, 1.807) is 21.7 Å². The van der Waals surface area contributed by atoms with Gasteiger partial charge in [-0.05, 0) is 25.7 Å². The van der Waals surface area contributed by atoms with E-state index in [1.165, 1.54) is 11.3 Å². The molecule has 0 radical (unpaired) electrons. The first-order valence-corrected chi connectivity index (χ1v) is 11.6. The van der Waals surface area contributed by atoms with Gasteiger partial charge in [0.15, 0.2) is 5.82 Å². The molecule has 1 atom stereocenters. The topological polar surface area (TPSA) is 125 Å². The standard InChI is InChI=1S/C21H27N7O3S.ClH/c1-12(2)13(3)23-17-10-16(19(29)27-6-4-14(5-7-27)24-21(30)31)25-18(26-17)15-11-22-28-8-9-32-20(15)28;/h8-14,24H,4-7H2,1-3H3,(H,30,31)(H,23,25,26);1H/t13-;/m1./s1. The van der Waals surface area contributed by atoms with Crippen molar-refractivity contribution in [3.05, 3.63) is 29.5 Å². The van der Waals surface area contributed by atoms with Gasteiger partial charge in [-0.15, -0.1) is 23.7 Å². The number of likely N-dealkylation sites (tertiary alicyclic amines) is 1. The summed E-state index contributed by atoms with van der Waals surface area (Å²) < 4.78 is 1.77. The number of hydrogen-bond acceptors (Lipinski definition) is 7. The highest BCUT2D eigenvalue weighted by Gasteiger charge is 2.26. The highest BCUT2D eigenvalue weighted by atomic mass is 35.5. The number of carbonyl (C=O) groups is 2. The molecule has 33 heavy (non-hydrogen) atoms. The highest BCUT2D eigenvalue weighted by molar-refractivity contribution is 7.16. The van der Waals surface area contributed by atoms with Crippen molar-refractivity contribution >= 4 is 46.4 Å². The zero-order valence-electron chi connectivity index (χ0n) is 18.7. The van der Waals surface area contributed by atoms with Crippen LogP contribution in [0, 0.1) is 5.92 Å². The second kappa shape index (κ2) is 10.3. The minimum atomic E-state index is -1.04. The lowest BCUT2D eigenvalue weighted by Crippen LogP contribution is -2.46. The number of thiazole rings is 1. The van der Waals surface area contributed by atoms with Crippen LogP contribution < -0.4 is 10.6 Å². The number of anilines is 1. The van der Waals surface area contributed by atoms with Crippen LogP contribution in [0.1, 0.15) is 44.1 Å². The zero-order valence-corrected chi connectivity index (χ0v) is 20.3. The van der Waals surface area contributed by atoms with Gasteiger partial charge in [0, 0.05) is 42.8 Å². The van der Waals surface area contributed by atoms with Gasteiger partial charge in [0.05, 0.1) is 11.8 Å². The molecule has 12 heteroatoms. The number of piperidine rings is 1. The minimum absolute atomic E-state index is 0. The Bertz CT molecular complexity index is 1120. The molecule has 0 aromatic carbocycles. The van der Waals surface area contributed by atoms with Gasteiger partial charge in [-0.25, -0.2) is 19.3 Å². The van der Waals surface area contributed by atoms with E-state index in [0.717, 1.165) is 10.4 Å². The summed E-state index contributed by atoms with van der Waals surface area (Å²) in [5.74, 6) is 1.25. The fraction of sp³-hybridized carbons (Fsp3) is 0.476. The van der Waals surface area contributed by atoms with Gasteiger partial charge in [0.25, 0.3) is 5.91 Å². The van der Waals surface area contributed by atoms with E-state index in [-0.39, 0.29) is 30.4 Å². The minimum Gasteiger partial charge on any atom is -0.465 e. The Kier molecular flexibility index (Phi) is 7.75. The summed E-state index contributed by atoms with van der Waals surface area (Å²) in [6, 6.07) is 1.72. The Labute approximate surface area is 201 Å². The molecule has 2 amide bonds. The molecule has 0 aliphatic carbocycles. The largest absolute Gasteiger partial charge is 0.465 e. The van der Waals surface area contributed by atoms with Crippen LogP contribution in [-0.2, 0) is 0 Å². The molecule has 10 nitrogen and oxygen atoms in total. The molecule has 1 aliphatic rings. The van der Waals surface area contributed by atoms with E-state index in [4.69, 9.17) is 5.11 Å². The third-order valence-electron chi connectivity index (χ3n) is 5.80. The van der Waals surface area contributed by atoms with Crippen molar-refractivity contribution in [2.24, 2.45) is 5.92 Å².